The van der Waals surface area contributed by atoms with Gasteiger partial charge in [0.05, 0.1) is 18.0 Å². The van der Waals surface area contributed by atoms with Crippen LogP contribution in [0.1, 0.15) is 49.4 Å². The van der Waals surface area contributed by atoms with E-state index in [0.717, 1.165) is 39.8 Å². The third-order valence-electron chi connectivity index (χ3n) is 4.16. The maximum absolute atomic E-state index is 9.73. The van der Waals surface area contributed by atoms with Crippen molar-refractivity contribution in [3.63, 3.8) is 0 Å². The van der Waals surface area contributed by atoms with Gasteiger partial charge in [0.1, 0.15) is 5.01 Å². The standard InChI is InChI=1S/C17H21N3OS/c1-4-11(3)12-6-8-13(9-7-12)16-14(10-21)20-17(18-16)22-15(5-2)19-20/h6-9,11,21H,4-5,10H2,1-3H3. The van der Waals surface area contributed by atoms with Gasteiger partial charge in [-0.15, -0.1) is 0 Å². The highest BCUT2D eigenvalue weighted by molar-refractivity contribution is 7.16. The smallest absolute Gasteiger partial charge is 0.213 e. The summed E-state index contributed by atoms with van der Waals surface area (Å²) in [7, 11) is 0. The Hall–Kier alpha value is -1.72. The number of aryl methyl sites for hydroxylation is 1. The second-order valence-electron chi connectivity index (χ2n) is 5.54. The van der Waals surface area contributed by atoms with E-state index in [4.69, 9.17) is 0 Å². The zero-order valence-corrected chi connectivity index (χ0v) is 14.0. The van der Waals surface area contributed by atoms with Gasteiger partial charge in [0.25, 0.3) is 0 Å². The molecule has 0 saturated carbocycles. The number of aliphatic hydroxyl groups is 1. The molecule has 1 aromatic carbocycles. The summed E-state index contributed by atoms with van der Waals surface area (Å²) in [6.07, 6.45) is 2.02. The Morgan fingerprint density at radius 1 is 1.23 bits per heavy atom. The fourth-order valence-electron chi connectivity index (χ4n) is 2.55. The molecular weight excluding hydrogens is 294 g/mol. The van der Waals surface area contributed by atoms with E-state index in [1.54, 1.807) is 15.9 Å². The van der Waals surface area contributed by atoms with Crippen LogP contribution >= 0.6 is 11.3 Å². The fourth-order valence-corrected chi connectivity index (χ4v) is 3.40. The lowest BCUT2D eigenvalue weighted by Crippen LogP contribution is -1.97. The number of nitrogens with zero attached hydrogens (tertiary/aromatic N) is 3. The minimum absolute atomic E-state index is 0.0590. The molecule has 0 saturated heterocycles. The molecule has 0 aliphatic carbocycles. The van der Waals surface area contributed by atoms with E-state index in [0.29, 0.717) is 5.92 Å². The van der Waals surface area contributed by atoms with Crippen molar-refractivity contribution in [3.8, 4) is 11.3 Å². The largest absolute Gasteiger partial charge is 0.390 e. The Balaban J connectivity index is 2.03. The lowest BCUT2D eigenvalue weighted by atomic mass is 9.97. The molecule has 22 heavy (non-hydrogen) atoms. The van der Waals surface area contributed by atoms with Gasteiger partial charge in [0, 0.05) is 5.56 Å². The number of fused-ring (bicyclic) bond motifs is 1. The molecule has 3 rings (SSSR count). The second kappa shape index (κ2) is 6.18. The fraction of sp³-hybridized carbons (Fsp3) is 0.412. The summed E-state index contributed by atoms with van der Waals surface area (Å²) in [4.78, 5) is 5.53. The molecule has 0 radical (unpaired) electrons. The summed E-state index contributed by atoms with van der Waals surface area (Å²) in [6, 6.07) is 8.49. The molecule has 0 aliphatic heterocycles. The van der Waals surface area contributed by atoms with Crippen molar-refractivity contribution in [3.05, 3.63) is 40.5 Å². The average molecular weight is 315 g/mol. The zero-order chi connectivity index (χ0) is 15.7. The molecule has 0 fully saturated rings. The summed E-state index contributed by atoms with van der Waals surface area (Å²) in [5.41, 5.74) is 3.97. The van der Waals surface area contributed by atoms with Crippen LogP contribution in [-0.4, -0.2) is 19.7 Å². The van der Waals surface area contributed by atoms with E-state index in [-0.39, 0.29) is 6.61 Å². The number of hydrogen-bond donors (Lipinski definition) is 1. The van der Waals surface area contributed by atoms with Crippen LogP contribution < -0.4 is 0 Å². The van der Waals surface area contributed by atoms with Gasteiger partial charge in [-0.25, -0.2) is 9.50 Å². The van der Waals surface area contributed by atoms with Crippen molar-refractivity contribution in [2.45, 2.75) is 46.1 Å². The van der Waals surface area contributed by atoms with E-state index in [2.05, 4.69) is 55.1 Å². The van der Waals surface area contributed by atoms with E-state index < -0.39 is 0 Å². The topological polar surface area (TPSA) is 50.4 Å². The Kier molecular flexibility index (Phi) is 4.27. The van der Waals surface area contributed by atoms with Gasteiger partial charge in [-0.3, -0.25) is 0 Å². The molecule has 5 heteroatoms. The summed E-state index contributed by atoms with van der Waals surface area (Å²) in [5, 5.41) is 15.3. The monoisotopic (exact) mass is 315 g/mol. The van der Waals surface area contributed by atoms with Crippen molar-refractivity contribution in [2.75, 3.05) is 0 Å². The Morgan fingerprint density at radius 3 is 2.55 bits per heavy atom. The van der Waals surface area contributed by atoms with E-state index >= 15 is 0 Å². The van der Waals surface area contributed by atoms with Gasteiger partial charge in [-0.1, -0.05) is 56.4 Å². The van der Waals surface area contributed by atoms with Gasteiger partial charge in [0.2, 0.25) is 4.96 Å². The maximum atomic E-state index is 9.73. The predicted molar refractivity (Wildman–Crippen MR) is 90.3 cm³/mol. The molecular formula is C17H21N3OS. The third-order valence-corrected chi connectivity index (χ3v) is 5.21. The quantitative estimate of drug-likeness (QED) is 0.773. The third kappa shape index (κ3) is 2.55. The molecule has 0 spiro atoms. The summed E-state index contributed by atoms with van der Waals surface area (Å²) >= 11 is 1.58. The first kappa shape index (κ1) is 15.2. The van der Waals surface area contributed by atoms with Crippen molar-refractivity contribution < 1.29 is 5.11 Å². The molecule has 4 nitrogen and oxygen atoms in total. The molecule has 116 valence electrons. The lowest BCUT2D eigenvalue weighted by molar-refractivity contribution is 0.275. The van der Waals surface area contributed by atoms with Gasteiger partial charge in [0.15, 0.2) is 0 Å². The van der Waals surface area contributed by atoms with E-state index in [1.165, 1.54) is 5.56 Å². The van der Waals surface area contributed by atoms with Crippen LogP contribution in [0, 0.1) is 0 Å². The number of benzene rings is 1. The van der Waals surface area contributed by atoms with Gasteiger partial charge in [-0.05, 0) is 24.3 Å². The minimum Gasteiger partial charge on any atom is -0.390 e. The summed E-state index contributed by atoms with van der Waals surface area (Å²) < 4.78 is 1.78. The van der Waals surface area contributed by atoms with Crippen LogP contribution in [0.4, 0.5) is 0 Å². The molecule has 3 aromatic rings. The lowest BCUT2D eigenvalue weighted by Gasteiger charge is -2.09. The van der Waals surface area contributed by atoms with Crippen LogP contribution in [-0.2, 0) is 13.0 Å². The molecule has 1 atom stereocenters. The second-order valence-corrected chi connectivity index (χ2v) is 6.58. The van der Waals surface area contributed by atoms with Gasteiger partial charge >= 0.3 is 0 Å². The maximum Gasteiger partial charge on any atom is 0.213 e. The molecule has 2 heterocycles. The van der Waals surface area contributed by atoms with Crippen molar-refractivity contribution in [1.82, 2.24) is 14.6 Å². The molecule has 0 bridgehead atoms. The Labute approximate surface area is 134 Å². The molecule has 1 N–H and O–H groups in total. The Morgan fingerprint density at radius 2 is 1.95 bits per heavy atom. The molecule has 1 unspecified atom stereocenters. The summed E-state index contributed by atoms with van der Waals surface area (Å²) in [5.74, 6) is 0.561. The van der Waals surface area contributed by atoms with Gasteiger partial charge < -0.3 is 5.11 Å². The number of hydrogen-bond acceptors (Lipinski definition) is 4. The highest BCUT2D eigenvalue weighted by Gasteiger charge is 2.17. The molecule has 0 aliphatic rings. The number of rotatable bonds is 5. The SMILES string of the molecule is CCc1nn2c(CO)c(-c3ccc(C(C)CC)cc3)nc2s1. The minimum atomic E-state index is -0.0590. The first-order chi connectivity index (χ1) is 10.7. The van der Waals surface area contributed by atoms with Crippen molar-refractivity contribution in [2.24, 2.45) is 0 Å². The zero-order valence-electron chi connectivity index (χ0n) is 13.2. The van der Waals surface area contributed by atoms with E-state index in [1.807, 2.05) is 0 Å². The normalized spacial score (nSPS) is 12.9. The summed E-state index contributed by atoms with van der Waals surface area (Å²) in [6.45, 7) is 6.45. The van der Waals surface area contributed by atoms with E-state index in [9.17, 15) is 5.11 Å². The first-order valence-electron chi connectivity index (χ1n) is 7.76. The van der Waals surface area contributed by atoms with Crippen molar-refractivity contribution in [1.29, 1.82) is 0 Å². The Bertz CT molecular complexity index is 773. The highest BCUT2D eigenvalue weighted by Crippen LogP contribution is 2.29. The average Bonchev–Trinajstić information content (AvgIpc) is 3.11. The van der Waals surface area contributed by atoms with Crippen LogP contribution in [0.25, 0.3) is 16.2 Å². The van der Waals surface area contributed by atoms with Crippen LogP contribution in [0.5, 0.6) is 0 Å². The number of aliphatic hydroxyl groups excluding tert-OH is 1. The first-order valence-corrected chi connectivity index (χ1v) is 8.58. The predicted octanol–water partition coefficient (Wildman–Crippen LogP) is 4.03. The van der Waals surface area contributed by atoms with Crippen LogP contribution in [0.3, 0.4) is 0 Å². The molecule has 0 amide bonds. The number of imidazole rings is 1. The van der Waals surface area contributed by atoms with Gasteiger partial charge in [-0.2, -0.15) is 5.10 Å². The number of aromatic nitrogens is 3. The van der Waals surface area contributed by atoms with Crippen molar-refractivity contribution >= 4 is 16.3 Å². The highest BCUT2D eigenvalue weighted by atomic mass is 32.1. The van der Waals surface area contributed by atoms with Crippen LogP contribution in [0.2, 0.25) is 0 Å². The molecule has 2 aromatic heterocycles. The van der Waals surface area contributed by atoms with Crippen LogP contribution in [0.15, 0.2) is 24.3 Å².